The van der Waals surface area contributed by atoms with Gasteiger partial charge in [0.05, 0.1) is 0 Å². The highest BCUT2D eigenvalue weighted by atomic mass is 127. The molecule has 0 aliphatic carbocycles. The van der Waals surface area contributed by atoms with E-state index in [0.29, 0.717) is 0 Å². The number of hydrogen-bond acceptors (Lipinski definition) is 1. The normalized spacial score (nSPS) is 24.2. The molecule has 0 aromatic heterocycles. The summed E-state index contributed by atoms with van der Waals surface area (Å²) >= 11 is 2.52. The fourth-order valence-corrected chi connectivity index (χ4v) is 1.92. The summed E-state index contributed by atoms with van der Waals surface area (Å²) in [6.07, 6.45) is 4.18. The van der Waals surface area contributed by atoms with Crippen molar-refractivity contribution in [2.75, 3.05) is 19.6 Å². The van der Waals surface area contributed by atoms with Crippen LogP contribution >= 0.6 is 22.6 Å². The number of rotatable bonds is 3. The number of alkyl halides is 1. The second-order valence-electron chi connectivity index (χ2n) is 4.09. The predicted octanol–water partition coefficient (Wildman–Crippen LogP) is 2.93. The van der Waals surface area contributed by atoms with Crippen LogP contribution in [0.1, 0.15) is 33.1 Å². The van der Waals surface area contributed by atoms with E-state index in [1.165, 1.54) is 38.9 Å². The van der Waals surface area contributed by atoms with E-state index in [4.69, 9.17) is 0 Å². The van der Waals surface area contributed by atoms with Crippen LogP contribution in [0.2, 0.25) is 0 Å². The van der Waals surface area contributed by atoms with Crippen molar-refractivity contribution in [1.29, 1.82) is 0 Å². The molecule has 1 atom stereocenters. The van der Waals surface area contributed by atoms with Crippen LogP contribution in [-0.2, 0) is 0 Å². The lowest BCUT2D eigenvalue weighted by molar-refractivity contribution is 0.191. The third-order valence-electron chi connectivity index (χ3n) is 2.72. The first-order valence-electron chi connectivity index (χ1n) is 5.05. The zero-order valence-electron chi connectivity index (χ0n) is 8.22. The maximum atomic E-state index is 2.62. The largest absolute Gasteiger partial charge is 0.303 e. The van der Waals surface area contributed by atoms with Crippen molar-refractivity contribution in [2.45, 2.75) is 37.0 Å². The van der Waals surface area contributed by atoms with Gasteiger partial charge in [0, 0.05) is 3.92 Å². The molecule has 0 spiro atoms. The summed E-state index contributed by atoms with van der Waals surface area (Å²) < 4.78 is 0.835. The van der Waals surface area contributed by atoms with Gasteiger partial charge in [-0.3, -0.25) is 0 Å². The maximum Gasteiger partial charge on any atom is 0.00934 e. The molecule has 1 aliphatic heterocycles. The first kappa shape index (κ1) is 10.8. The van der Waals surface area contributed by atoms with E-state index in [0.717, 1.165) is 9.84 Å². The molecule has 1 heterocycles. The Hall–Kier alpha value is 0.690. The van der Waals surface area contributed by atoms with Gasteiger partial charge < -0.3 is 4.90 Å². The van der Waals surface area contributed by atoms with Crippen molar-refractivity contribution in [1.82, 2.24) is 4.90 Å². The molecule has 12 heavy (non-hydrogen) atoms. The number of halogens is 1. The van der Waals surface area contributed by atoms with Crippen molar-refractivity contribution in [2.24, 2.45) is 5.92 Å². The number of likely N-dealkylation sites (tertiary alicyclic amines) is 1. The molecule has 0 amide bonds. The molecule has 1 unspecified atom stereocenters. The van der Waals surface area contributed by atoms with Crippen molar-refractivity contribution in [3.8, 4) is 0 Å². The first-order valence-corrected chi connectivity index (χ1v) is 6.29. The van der Waals surface area contributed by atoms with Crippen LogP contribution in [0.25, 0.3) is 0 Å². The SMILES string of the molecule is CC(I)CCN1CCC(C)CC1. The summed E-state index contributed by atoms with van der Waals surface area (Å²) in [5, 5.41) is 0. The lowest BCUT2D eigenvalue weighted by Gasteiger charge is -2.30. The molecule has 1 saturated heterocycles. The predicted molar refractivity (Wildman–Crippen MR) is 62.9 cm³/mol. The summed E-state index contributed by atoms with van der Waals surface area (Å²) in [7, 11) is 0. The highest BCUT2D eigenvalue weighted by Crippen LogP contribution is 2.16. The average molecular weight is 281 g/mol. The standard InChI is InChI=1S/C10H20IN/c1-9-3-6-12(7-4-9)8-5-10(2)11/h9-10H,3-8H2,1-2H3. The zero-order chi connectivity index (χ0) is 8.97. The molecule has 0 aromatic rings. The maximum absolute atomic E-state index is 2.62. The minimum atomic E-state index is 0.835. The zero-order valence-corrected chi connectivity index (χ0v) is 10.4. The molecule has 1 nitrogen and oxygen atoms in total. The van der Waals surface area contributed by atoms with Gasteiger partial charge in [-0.2, -0.15) is 0 Å². The topological polar surface area (TPSA) is 3.24 Å². The smallest absolute Gasteiger partial charge is 0.00934 e. The van der Waals surface area contributed by atoms with Gasteiger partial charge in [-0.05, 0) is 44.8 Å². The molecule has 0 saturated carbocycles. The van der Waals surface area contributed by atoms with E-state index in [2.05, 4.69) is 41.3 Å². The average Bonchev–Trinajstić information content (AvgIpc) is 2.03. The Labute approximate surface area is 90.0 Å². The van der Waals surface area contributed by atoms with Crippen LogP contribution in [0.4, 0.5) is 0 Å². The Morgan fingerprint density at radius 1 is 1.42 bits per heavy atom. The van der Waals surface area contributed by atoms with Crippen molar-refractivity contribution >= 4 is 22.6 Å². The van der Waals surface area contributed by atoms with E-state index < -0.39 is 0 Å². The monoisotopic (exact) mass is 281 g/mol. The molecule has 1 aliphatic rings. The van der Waals surface area contributed by atoms with Gasteiger partial charge >= 0.3 is 0 Å². The number of hydrogen-bond donors (Lipinski definition) is 0. The summed E-state index contributed by atoms with van der Waals surface area (Å²) in [4.78, 5) is 2.62. The molecule has 0 aromatic carbocycles. The van der Waals surface area contributed by atoms with Crippen molar-refractivity contribution in [3.05, 3.63) is 0 Å². The van der Waals surface area contributed by atoms with Crippen LogP contribution in [-0.4, -0.2) is 28.5 Å². The second kappa shape index (κ2) is 5.43. The Morgan fingerprint density at radius 3 is 2.50 bits per heavy atom. The number of nitrogens with zero attached hydrogens (tertiary/aromatic N) is 1. The van der Waals surface area contributed by atoms with Gasteiger partial charge in [-0.25, -0.2) is 0 Å². The van der Waals surface area contributed by atoms with E-state index in [1.807, 2.05) is 0 Å². The van der Waals surface area contributed by atoms with E-state index in [9.17, 15) is 0 Å². The molecule has 0 radical (unpaired) electrons. The Kier molecular flexibility index (Phi) is 4.87. The highest BCUT2D eigenvalue weighted by molar-refractivity contribution is 14.1. The lowest BCUT2D eigenvalue weighted by Crippen LogP contribution is -2.34. The van der Waals surface area contributed by atoms with Crippen LogP contribution < -0.4 is 0 Å². The Balaban J connectivity index is 2.09. The van der Waals surface area contributed by atoms with Crippen LogP contribution in [0.5, 0.6) is 0 Å². The van der Waals surface area contributed by atoms with Gasteiger partial charge in [-0.15, -0.1) is 0 Å². The van der Waals surface area contributed by atoms with Gasteiger partial charge in [-0.1, -0.05) is 36.4 Å². The van der Waals surface area contributed by atoms with Crippen LogP contribution in [0.3, 0.4) is 0 Å². The highest BCUT2D eigenvalue weighted by Gasteiger charge is 2.15. The summed E-state index contributed by atoms with van der Waals surface area (Å²) in [5.74, 6) is 0.971. The molecule has 1 rings (SSSR count). The summed E-state index contributed by atoms with van der Waals surface area (Å²) in [5.41, 5.74) is 0. The molecule has 0 N–H and O–H groups in total. The van der Waals surface area contributed by atoms with Gasteiger partial charge in [0.2, 0.25) is 0 Å². The quantitative estimate of drug-likeness (QED) is 0.568. The Morgan fingerprint density at radius 2 is 2.00 bits per heavy atom. The third kappa shape index (κ3) is 4.08. The first-order chi connectivity index (χ1) is 5.68. The lowest BCUT2D eigenvalue weighted by atomic mass is 9.99. The minimum Gasteiger partial charge on any atom is -0.303 e. The molecular formula is C10H20IN. The van der Waals surface area contributed by atoms with Crippen LogP contribution in [0, 0.1) is 5.92 Å². The Bertz CT molecular complexity index is 117. The van der Waals surface area contributed by atoms with E-state index >= 15 is 0 Å². The second-order valence-corrected chi connectivity index (χ2v) is 6.22. The summed E-state index contributed by atoms with van der Waals surface area (Å²) in [6, 6.07) is 0. The summed E-state index contributed by atoms with van der Waals surface area (Å²) in [6.45, 7) is 8.66. The number of piperidine rings is 1. The van der Waals surface area contributed by atoms with E-state index in [1.54, 1.807) is 0 Å². The molecular weight excluding hydrogens is 261 g/mol. The molecule has 0 bridgehead atoms. The third-order valence-corrected chi connectivity index (χ3v) is 3.34. The van der Waals surface area contributed by atoms with Crippen molar-refractivity contribution in [3.63, 3.8) is 0 Å². The van der Waals surface area contributed by atoms with Crippen molar-refractivity contribution < 1.29 is 0 Å². The molecule has 2 heteroatoms. The van der Waals surface area contributed by atoms with Gasteiger partial charge in [0.25, 0.3) is 0 Å². The molecule has 72 valence electrons. The van der Waals surface area contributed by atoms with Gasteiger partial charge in [0.1, 0.15) is 0 Å². The fraction of sp³-hybridized carbons (Fsp3) is 1.00. The van der Waals surface area contributed by atoms with Gasteiger partial charge in [0.15, 0.2) is 0 Å². The van der Waals surface area contributed by atoms with E-state index in [-0.39, 0.29) is 0 Å². The fourth-order valence-electron chi connectivity index (χ4n) is 1.65. The van der Waals surface area contributed by atoms with Crippen LogP contribution in [0.15, 0.2) is 0 Å². The molecule has 1 fully saturated rings. The minimum absolute atomic E-state index is 0.835.